The molecule has 1 aromatic carbocycles. The van der Waals surface area contributed by atoms with Crippen LogP contribution in [0.4, 0.5) is 0 Å². The number of carbonyl (C=O) groups is 3. The molecule has 0 saturated heterocycles. The van der Waals surface area contributed by atoms with E-state index >= 15 is 0 Å². The molecule has 0 heterocycles. The highest BCUT2D eigenvalue weighted by atomic mass is 31.2. The van der Waals surface area contributed by atoms with Gasteiger partial charge in [-0.2, -0.15) is 0 Å². The Morgan fingerprint density at radius 3 is 1.25 bits per heavy atom. The Labute approximate surface area is 367 Å². The first-order chi connectivity index (χ1) is 28.2. The summed E-state index contributed by atoms with van der Waals surface area (Å²) in [5.74, 6) is 1.24. The van der Waals surface area contributed by atoms with Gasteiger partial charge in [0.1, 0.15) is 11.6 Å². The largest absolute Gasteiger partial charge is 0.465 e. The van der Waals surface area contributed by atoms with Gasteiger partial charge in [0.15, 0.2) is 22.1 Å². The molecule has 352 valence electrons. The van der Waals surface area contributed by atoms with Crippen LogP contribution in [0.1, 0.15) is 168 Å². The third-order valence-corrected chi connectivity index (χ3v) is 12.0. The predicted molar refractivity (Wildman–Crippen MR) is 254 cm³/mol. The molecule has 0 saturated carbocycles. The second-order valence-corrected chi connectivity index (χ2v) is 25.4. The molecule has 0 fully saturated rings. The van der Waals surface area contributed by atoms with Crippen molar-refractivity contribution in [3.8, 4) is 0 Å². The van der Waals surface area contributed by atoms with Crippen LogP contribution in [0.15, 0.2) is 24.3 Å². The van der Waals surface area contributed by atoms with Gasteiger partial charge in [-0.3, -0.25) is 28.1 Å². The summed E-state index contributed by atoms with van der Waals surface area (Å²) < 4.78 is 55.1. The molecule has 60 heavy (non-hydrogen) atoms. The molecule has 0 aliphatic rings. The van der Waals surface area contributed by atoms with E-state index in [-0.39, 0.29) is 23.7 Å². The zero-order valence-electron chi connectivity index (χ0n) is 40.2. The van der Waals surface area contributed by atoms with Crippen molar-refractivity contribution in [3.63, 3.8) is 0 Å². The summed E-state index contributed by atoms with van der Waals surface area (Å²) in [4.78, 5) is 36.2. The predicted octanol–water partition coefficient (Wildman–Crippen LogP) is 14.0. The van der Waals surface area contributed by atoms with Crippen molar-refractivity contribution < 1.29 is 46.4 Å². The Morgan fingerprint density at radius 2 is 0.833 bits per heavy atom. The van der Waals surface area contributed by atoms with E-state index in [0.29, 0.717) is 50.8 Å². The zero-order chi connectivity index (χ0) is 46.0. The molecule has 0 radical (unpaired) electrons. The van der Waals surface area contributed by atoms with E-state index in [4.69, 9.17) is 18.3 Å². The van der Waals surface area contributed by atoms with Gasteiger partial charge in [0.2, 0.25) is 0 Å². The van der Waals surface area contributed by atoms with E-state index in [0.717, 1.165) is 120 Å². The fourth-order valence-corrected chi connectivity index (χ4v) is 8.18. The Hall–Kier alpha value is -1.40. The minimum absolute atomic E-state index is 0.0535. The van der Waals surface area contributed by atoms with E-state index in [9.17, 15) is 28.1 Å². The number of unbranched alkanes of at least 4 members (excludes halogenated alkanes) is 3. The Balaban J connectivity index is 0. The van der Waals surface area contributed by atoms with Crippen molar-refractivity contribution in [2.24, 2.45) is 17.8 Å². The lowest BCUT2D eigenvalue weighted by molar-refractivity contribution is -0.149. The molecule has 0 aliphatic carbocycles. The molecule has 0 bridgehead atoms. The van der Waals surface area contributed by atoms with Crippen molar-refractivity contribution in [2.45, 2.75) is 170 Å². The topological polar surface area (TPSA) is 139 Å². The van der Waals surface area contributed by atoms with Gasteiger partial charge in [0.25, 0.3) is 0 Å². The average Bonchev–Trinajstić information content (AvgIpc) is 3.16. The van der Waals surface area contributed by atoms with Gasteiger partial charge in [-0.15, -0.1) is 0 Å². The first kappa shape index (κ1) is 60.7. The standard InChI is InChI=1S/C18H29O3P.C15H31O3P.C14H29O4P/c1-5-7-17(8-6-2)18(19)13-15-9-11-16(12-10-15)14-21-22(3,4)20;1-5-10-14(11-6-2)15(16)12-8-7-9-13-18-19(3,4)17;1-5-9-13(10-6-2)14(15)17-11-7-8-12-18-19(3,4)16/h9-12,17H,5-8,13-14H2,1-4H3;14H,5-13H2,1-4H3;13H,5-12H2,1-4H3. The number of Topliss-reactive ketones (excluding diaryl/α,β-unsaturated/α-hetero) is 2. The molecule has 0 amide bonds. The number of esters is 1. The molecule has 0 aliphatic heterocycles. The maximum absolute atomic E-state index is 12.4. The third-order valence-electron chi connectivity index (χ3n) is 9.67. The Bertz CT molecular complexity index is 1320. The number of rotatable bonds is 33. The van der Waals surface area contributed by atoms with Crippen molar-refractivity contribution in [2.75, 3.05) is 59.8 Å². The first-order valence-electron chi connectivity index (χ1n) is 23.0. The zero-order valence-corrected chi connectivity index (χ0v) is 42.9. The average molecular weight is 907 g/mol. The minimum atomic E-state index is -2.45. The number of carbonyl (C=O) groups excluding carboxylic acids is 3. The Morgan fingerprint density at radius 1 is 0.467 bits per heavy atom. The summed E-state index contributed by atoms with van der Waals surface area (Å²) >= 11 is 0. The van der Waals surface area contributed by atoms with Gasteiger partial charge in [-0.25, -0.2) is 0 Å². The molecular weight excluding hydrogens is 817 g/mol. The third kappa shape index (κ3) is 37.2. The van der Waals surface area contributed by atoms with Gasteiger partial charge in [0, 0.05) is 64.7 Å². The van der Waals surface area contributed by atoms with Crippen LogP contribution in [0.5, 0.6) is 0 Å². The molecule has 1 aromatic rings. The molecular formula is C47H89O10P3. The van der Waals surface area contributed by atoms with E-state index in [2.05, 4.69) is 41.5 Å². The summed E-state index contributed by atoms with van der Waals surface area (Å²) in [6.45, 7) is 24.2. The molecule has 0 N–H and O–H groups in total. The normalized spacial score (nSPS) is 11.9. The maximum atomic E-state index is 12.4. The molecule has 0 unspecified atom stereocenters. The maximum Gasteiger partial charge on any atom is 0.308 e. The lowest BCUT2D eigenvalue weighted by Crippen LogP contribution is -2.18. The van der Waals surface area contributed by atoms with Gasteiger partial charge < -0.3 is 18.3 Å². The van der Waals surface area contributed by atoms with Gasteiger partial charge in [-0.05, 0) is 75.3 Å². The fourth-order valence-electron chi connectivity index (χ4n) is 6.58. The Kier molecular flexibility index (Phi) is 36.4. The van der Waals surface area contributed by atoms with Gasteiger partial charge in [0.05, 0.1) is 32.3 Å². The molecule has 1 rings (SSSR count). The monoisotopic (exact) mass is 907 g/mol. The van der Waals surface area contributed by atoms with Crippen LogP contribution in [-0.2, 0) is 59.4 Å². The summed E-state index contributed by atoms with van der Waals surface area (Å²) in [5, 5.41) is 0. The summed E-state index contributed by atoms with van der Waals surface area (Å²) in [6, 6.07) is 7.85. The van der Waals surface area contributed by atoms with E-state index in [1.807, 2.05) is 24.3 Å². The van der Waals surface area contributed by atoms with Crippen molar-refractivity contribution in [1.82, 2.24) is 0 Å². The second-order valence-electron chi connectivity index (χ2n) is 17.1. The molecule has 13 heteroatoms. The van der Waals surface area contributed by atoms with Crippen LogP contribution in [0.2, 0.25) is 0 Å². The summed E-state index contributed by atoms with van der Waals surface area (Å²) in [6.07, 6.45) is 17.7. The number of ether oxygens (including phenoxy) is 1. The van der Waals surface area contributed by atoms with E-state index in [1.165, 1.54) is 0 Å². The number of ketones is 2. The smallest absolute Gasteiger partial charge is 0.308 e. The second kappa shape index (κ2) is 36.0. The number of hydrogen-bond acceptors (Lipinski definition) is 10. The van der Waals surface area contributed by atoms with Crippen molar-refractivity contribution in [3.05, 3.63) is 35.4 Å². The summed E-state index contributed by atoms with van der Waals surface area (Å²) in [7, 11) is -7.16. The van der Waals surface area contributed by atoms with E-state index in [1.54, 1.807) is 40.0 Å². The van der Waals surface area contributed by atoms with Crippen LogP contribution in [0, 0.1) is 17.8 Å². The van der Waals surface area contributed by atoms with Crippen LogP contribution in [0.25, 0.3) is 0 Å². The highest BCUT2D eigenvalue weighted by molar-refractivity contribution is 7.57. The molecule has 0 atom stereocenters. The van der Waals surface area contributed by atoms with E-state index < -0.39 is 22.1 Å². The van der Waals surface area contributed by atoms with Gasteiger partial charge >= 0.3 is 5.97 Å². The van der Waals surface area contributed by atoms with Crippen LogP contribution < -0.4 is 0 Å². The minimum Gasteiger partial charge on any atom is -0.465 e. The van der Waals surface area contributed by atoms with Crippen molar-refractivity contribution >= 4 is 39.6 Å². The lowest BCUT2D eigenvalue weighted by atomic mass is 9.90. The van der Waals surface area contributed by atoms with Gasteiger partial charge in [-0.1, -0.05) is 111 Å². The van der Waals surface area contributed by atoms with Crippen LogP contribution in [0.3, 0.4) is 0 Å². The van der Waals surface area contributed by atoms with Crippen LogP contribution in [-0.4, -0.2) is 77.3 Å². The first-order valence-corrected chi connectivity index (χ1v) is 30.6. The van der Waals surface area contributed by atoms with Crippen molar-refractivity contribution in [1.29, 1.82) is 0 Å². The molecule has 0 aromatic heterocycles. The highest BCUT2D eigenvalue weighted by Gasteiger charge is 2.19. The quantitative estimate of drug-likeness (QED) is 0.0380. The van der Waals surface area contributed by atoms with Crippen LogP contribution >= 0.6 is 22.1 Å². The summed E-state index contributed by atoms with van der Waals surface area (Å²) in [5.41, 5.74) is 2.03. The SMILES string of the molecule is CCCC(CCC)C(=O)CCCCCOP(C)(C)=O.CCCC(CCC)C(=O)Cc1ccc(COP(C)(C)=O)cc1.CCCC(CCC)C(=O)OCCCCOP(C)(C)=O. The number of benzene rings is 1. The fraction of sp³-hybridized carbons (Fsp3) is 0.809. The lowest BCUT2D eigenvalue weighted by Gasteiger charge is -2.14. The number of hydrogen-bond donors (Lipinski definition) is 0. The molecule has 0 spiro atoms. The molecule has 10 nitrogen and oxygen atoms in total. The highest BCUT2D eigenvalue weighted by Crippen LogP contribution is 2.39.